The van der Waals surface area contributed by atoms with Gasteiger partial charge in [0.25, 0.3) is 0 Å². The minimum Gasteiger partial charge on any atom is -0.387 e. The van der Waals surface area contributed by atoms with Gasteiger partial charge >= 0.3 is 6.18 Å². The van der Waals surface area contributed by atoms with Gasteiger partial charge in [-0.1, -0.05) is 12.1 Å². The first-order valence-electron chi connectivity index (χ1n) is 6.51. The molecule has 126 valence electrons. The number of benzene rings is 1. The van der Waals surface area contributed by atoms with Crippen LogP contribution in [-0.4, -0.2) is 20.1 Å². The van der Waals surface area contributed by atoms with Gasteiger partial charge in [-0.05, 0) is 36.8 Å². The molecule has 2 aromatic rings. The van der Waals surface area contributed by atoms with Gasteiger partial charge in [-0.25, -0.2) is 13.1 Å². The van der Waals surface area contributed by atoms with Crippen LogP contribution in [-0.2, 0) is 16.2 Å². The van der Waals surface area contributed by atoms with Crippen LogP contribution in [0.1, 0.15) is 22.1 Å². The average molecular weight is 365 g/mol. The molecular formula is C14H14F3NO3S2. The summed E-state index contributed by atoms with van der Waals surface area (Å²) >= 11 is 1.09. The van der Waals surface area contributed by atoms with Crippen LogP contribution in [0.3, 0.4) is 0 Å². The summed E-state index contributed by atoms with van der Waals surface area (Å²) < 4.78 is 63.8. The molecule has 2 rings (SSSR count). The molecule has 2 N–H and O–H groups in total. The van der Waals surface area contributed by atoms with E-state index in [0.29, 0.717) is 0 Å². The Balaban J connectivity index is 2.03. The molecule has 4 nitrogen and oxygen atoms in total. The third-order valence-corrected chi connectivity index (χ3v) is 5.99. The van der Waals surface area contributed by atoms with Gasteiger partial charge < -0.3 is 5.11 Å². The Labute approximate surface area is 135 Å². The van der Waals surface area contributed by atoms with Gasteiger partial charge in [0.2, 0.25) is 10.0 Å². The van der Waals surface area contributed by atoms with E-state index in [1.165, 1.54) is 6.07 Å². The number of sulfonamides is 1. The van der Waals surface area contributed by atoms with E-state index >= 15 is 0 Å². The van der Waals surface area contributed by atoms with E-state index in [1.54, 1.807) is 13.0 Å². The molecule has 1 aromatic carbocycles. The first-order chi connectivity index (χ1) is 10.6. The second-order valence-corrected chi connectivity index (χ2v) is 8.13. The molecule has 0 aliphatic heterocycles. The molecule has 0 fully saturated rings. The zero-order valence-corrected chi connectivity index (χ0v) is 13.6. The van der Waals surface area contributed by atoms with E-state index in [9.17, 15) is 26.7 Å². The van der Waals surface area contributed by atoms with E-state index in [0.717, 1.165) is 40.5 Å². The highest BCUT2D eigenvalue weighted by molar-refractivity contribution is 7.91. The fraction of sp³-hybridized carbons (Fsp3) is 0.286. The Kier molecular flexibility index (Phi) is 5.14. The summed E-state index contributed by atoms with van der Waals surface area (Å²) in [5, 5.41) is 9.92. The van der Waals surface area contributed by atoms with Gasteiger partial charge in [-0.2, -0.15) is 13.2 Å². The minimum absolute atomic E-state index is 0.120. The van der Waals surface area contributed by atoms with Crippen LogP contribution in [0.2, 0.25) is 0 Å². The van der Waals surface area contributed by atoms with Gasteiger partial charge in [0, 0.05) is 11.4 Å². The van der Waals surface area contributed by atoms with E-state index in [2.05, 4.69) is 4.72 Å². The number of nitrogens with one attached hydrogen (secondary N) is 1. The molecule has 0 unspecified atom stereocenters. The van der Waals surface area contributed by atoms with Crippen molar-refractivity contribution in [2.75, 3.05) is 6.54 Å². The second-order valence-electron chi connectivity index (χ2n) is 4.85. The maximum Gasteiger partial charge on any atom is 0.416 e. The van der Waals surface area contributed by atoms with E-state index in [4.69, 9.17) is 0 Å². The van der Waals surface area contributed by atoms with Crippen LogP contribution in [0.15, 0.2) is 40.6 Å². The highest BCUT2D eigenvalue weighted by atomic mass is 32.2. The predicted molar refractivity (Wildman–Crippen MR) is 80.6 cm³/mol. The quantitative estimate of drug-likeness (QED) is 0.856. The highest BCUT2D eigenvalue weighted by Gasteiger charge is 2.30. The van der Waals surface area contributed by atoms with Gasteiger partial charge in [-0.3, -0.25) is 0 Å². The van der Waals surface area contributed by atoms with Crippen LogP contribution in [0, 0.1) is 6.92 Å². The minimum atomic E-state index is -4.46. The molecular weight excluding hydrogens is 351 g/mol. The number of aliphatic hydroxyl groups is 1. The normalized spacial score (nSPS) is 14.0. The molecule has 0 spiro atoms. The molecule has 1 heterocycles. The maximum absolute atomic E-state index is 12.5. The number of aliphatic hydroxyl groups excluding tert-OH is 1. The van der Waals surface area contributed by atoms with Crippen LogP contribution in [0.4, 0.5) is 13.2 Å². The topological polar surface area (TPSA) is 66.4 Å². The molecule has 0 bridgehead atoms. The lowest BCUT2D eigenvalue weighted by Crippen LogP contribution is -2.28. The van der Waals surface area contributed by atoms with Crippen LogP contribution < -0.4 is 4.72 Å². The molecule has 0 radical (unpaired) electrons. The van der Waals surface area contributed by atoms with E-state index in [-0.39, 0.29) is 16.3 Å². The summed E-state index contributed by atoms with van der Waals surface area (Å²) in [5.74, 6) is 0. The Morgan fingerprint density at radius 2 is 1.78 bits per heavy atom. The maximum atomic E-state index is 12.5. The first kappa shape index (κ1) is 17.9. The third-order valence-electron chi connectivity index (χ3n) is 3.07. The van der Waals surface area contributed by atoms with Crippen molar-refractivity contribution >= 4 is 21.4 Å². The molecule has 1 atom stereocenters. The summed E-state index contributed by atoms with van der Waals surface area (Å²) in [5.41, 5.74) is -0.633. The van der Waals surface area contributed by atoms with Gasteiger partial charge in [-0.15, -0.1) is 11.3 Å². The number of thiophene rings is 1. The largest absolute Gasteiger partial charge is 0.416 e. The van der Waals surface area contributed by atoms with Crippen molar-refractivity contribution in [1.29, 1.82) is 0 Å². The van der Waals surface area contributed by atoms with Crippen molar-refractivity contribution in [2.45, 2.75) is 23.4 Å². The monoisotopic (exact) mass is 365 g/mol. The standard InChI is InChI=1S/C14H14F3NO3S2/c1-9-2-7-13(22-9)23(20,21)18-8-12(19)10-3-5-11(6-4-10)14(15,16)17/h2-7,12,18-19H,8H2,1H3/t12-/m0/s1. The van der Waals surface area contributed by atoms with Crippen LogP contribution in [0.5, 0.6) is 0 Å². The Bertz CT molecular complexity index is 767. The molecule has 1 aromatic heterocycles. The lowest BCUT2D eigenvalue weighted by atomic mass is 10.1. The fourth-order valence-electron chi connectivity index (χ4n) is 1.83. The lowest BCUT2D eigenvalue weighted by molar-refractivity contribution is -0.137. The third kappa shape index (κ3) is 4.54. The molecule has 0 saturated heterocycles. The van der Waals surface area contributed by atoms with Crippen molar-refractivity contribution in [3.63, 3.8) is 0 Å². The fourth-order valence-corrected chi connectivity index (χ4v) is 4.19. The molecule has 0 saturated carbocycles. The Morgan fingerprint density at radius 3 is 2.26 bits per heavy atom. The van der Waals surface area contributed by atoms with Crippen LogP contribution >= 0.6 is 11.3 Å². The van der Waals surface area contributed by atoms with Crippen molar-refractivity contribution in [2.24, 2.45) is 0 Å². The zero-order valence-electron chi connectivity index (χ0n) is 12.0. The number of aryl methyl sites for hydroxylation is 1. The van der Waals surface area contributed by atoms with Gasteiger partial charge in [0.05, 0.1) is 11.7 Å². The first-order valence-corrected chi connectivity index (χ1v) is 8.81. The Hall–Kier alpha value is -1.42. The van der Waals surface area contributed by atoms with Crippen molar-refractivity contribution in [1.82, 2.24) is 4.72 Å². The Morgan fingerprint density at radius 1 is 1.17 bits per heavy atom. The number of hydrogen-bond acceptors (Lipinski definition) is 4. The van der Waals surface area contributed by atoms with Crippen molar-refractivity contribution < 1.29 is 26.7 Å². The summed E-state index contributed by atoms with van der Waals surface area (Å²) in [6.45, 7) is 1.44. The summed E-state index contributed by atoms with van der Waals surface area (Å²) in [7, 11) is -3.75. The van der Waals surface area contributed by atoms with Crippen molar-refractivity contribution in [3.8, 4) is 0 Å². The van der Waals surface area contributed by atoms with Crippen LogP contribution in [0.25, 0.3) is 0 Å². The number of hydrogen-bond donors (Lipinski definition) is 2. The second kappa shape index (κ2) is 6.60. The smallest absolute Gasteiger partial charge is 0.387 e. The number of rotatable bonds is 5. The van der Waals surface area contributed by atoms with E-state index < -0.39 is 27.9 Å². The summed E-state index contributed by atoms with van der Waals surface area (Å²) in [6.07, 6.45) is -5.70. The molecule has 9 heteroatoms. The van der Waals surface area contributed by atoms with Crippen molar-refractivity contribution in [3.05, 3.63) is 52.4 Å². The summed E-state index contributed by atoms with van der Waals surface area (Å²) in [4.78, 5) is 0.827. The molecule has 23 heavy (non-hydrogen) atoms. The lowest BCUT2D eigenvalue weighted by Gasteiger charge is -2.13. The molecule has 0 amide bonds. The predicted octanol–water partition coefficient (Wildman–Crippen LogP) is 3.09. The SMILES string of the molecule is Cc1ccc(S(=O)(=O)NC[C@H](O)c2ccc(C(F)(F)F)cc2)s1. The number of alkyl halides is 3. The summed E-state index contributed by atoms with van der Waals surface area (Å²) in [6, 6.07) is 7.04. The van der Waals surface area contributed by atoms with E-state index in [1.807, 2.05) is 0 Å². The van der Waals surface area contributed by atoms with Gasteiger partial charge in [0.1, 0.15) is 4.21 Å². The average Bonchev–Trinajstić information content (AvgIpc) is 2.91. The molecule has 0 aliphatic rings. The van der Waals surface area contributed by atoms with Gasteiger partial charge in [0.15, 0.2) is 0 Å². The zero-order chi connectivity index (χ0) is 17.3. The number of halogens is 3. The molecule has 0 aliphatic carbocycles. The highest BCUT2D eigenvalue weighted by Crippen LogP contribution is 2.30.